The molecule has 0 atom stereocenters. The number of amidine groups is 2. The predicted molar refractivity (Wildman–Crippen MR) is 164 cm³/mol. The van der Waals surface area contributed by atoms with Gasteiger partial charge in [-0.3, -0.25) is 4.90 Å². The number of anilines is 2. The van der Waals surface area contributed by atoms with Crippen molar-refractivity contribution in [2.45, 2.75) is 55.4 Å². The van der Waals surface area contributed by atoms with Gasteiger partial charge in [0.1, 0.15) is 0 Å². The molecule has 0 aliphatic rings. The van der Waals surface area contributed by atoms with Crippen LogP contribution in [0.2, 0.25) is 0 Å². The van der Waals surface area contributed by atoms with Gasteiger partial charge in [-0.1, -0.05) is 72.8 Å². The molecule has 0 bridgehead atoms. The Labute approximate surface area is 227 Å². The van der Waals surface area contributed by atoms with Crippen LogP contribution in [0, 0.1) is 55.4 Å². The third-order valence-electron chi connectivity index (χ3n) is 7.10. The number of benzene rings is 4. The standard InChI is InChI=1S/C34H38N4/c1-21-13-9-14-22(2)29(21)36-33(35)34(37-30-23(3)15-10-16-24(30)4)38(31-25(5)17-11-18-26(31)6)32-27(7)19-12-20-28(32)8/h9-20H,1-8H3,(H2,35,36). The number of rotatable bonds is 4. The minimum absolute atomic E-state index is 0.371. The maximum absolute atomic E-state index is 6.99. The monoisotopic (exact) mass is 502 g/mol. The zero-order chi connectivity index (χ0) is 27.6. The van der Waals surface area contributed by atoms with Crippen LogP contribution in [-0.2, 0) is 0 Å². The van der Waals surface area contributed by atoms with Crippen molar-refractivity contribution in [2.24, 2.45) is 15.7 Å². The Morgan fingerprint density at radius 3 is 1.11 bits per heavy atom. The number of nitrogens with zero attached hydrogens (tertiary/aromatic N) is 3. The van der Waals surface area contributed by atoms with E-state index in [-0.39, 0.29) is 0 Å². The summed E-state index contributed by atoms with van der Waals surface area (Å²) in [5.41, 5.74) is 19.8. The molecule has 2 N–H and O–H groups in total. The van der Waals surface area contributed by atoms with Crippen molar-refractivity contribution in [1.82, 2.24) is 0 Å². The Balaban J connectivity index is 2.14. The molecule has 0 saturated heterocycles. The van der Waals surface area contributed by atoms with Crippen LogP contribution in [0.5, 0.6) is 0 Å². The first-order chi connectivity index (χ1) is 18.1. The van der Waals surface area contributed by atoms with Crippen LogP contribution in [-0.4, -0.2) is 11.7 Å². The number of para-hydroxylation sites is 4. The van der Waals surface area contributed by atoms with E-state index in [2.05, 4.69) is 127 Å². The molecule has 0 saturated carbocycles. The Morgan fingerprint density at radius 2 is 0.763 bits per heavy atom. The number of hydrogen-bond acceptors (Lipinski definition) is 2. The molecule has 0 heterocycles. The number of aryl methyl sites for hydroxylation is 8. The quantitative estimate of drug-likeness (QED) is 0.224. The first-order valence-electron chi connectivity index (χ1n) is 13.1. The van der Waals surface area contributed by atoms with Crippen LogP contribution >= 0.6 is 0 Å². The Morgan fingerprint density at radius 1 is 0.474 bits per heavy atom. The lowest BCUT2D eigenvalue weighted by Gasteiger charge is -2.32. The summed E-state index contributed by atoms with van der Waals surface area (Å²) in [6.45, 7) is 16.9. The van der Waals surface area contributed by atoms with Crippen molar-refractivity contribution in [2.75, 3.05) is 4.90 Å². The van der Waals surface area contributed by atoms with E-state index in [1.165, 1.54) is 0 Å². The van der Waals surface area contributed by atoms with E-state index in [0.29, 0.717) is 11.7 Å². The fourth-order valence-corrected chi connectivity index (χ4v) is 5.10. The highest BCUT2D eigenvalue weighted by molar-refractivity contribution is 6.47. The van der Waals surface area contributed by atoms with Gasteiger partial charge in [-0.15, -0.1) is 0 Å². The van der Waals surface area contributed by atoms with Crippen LogP contribution in [0.3, 0.4) is 0 Å². The second kappa shape index (κ2) is 11.1. The lowest BCUT2D eigenvalue weighted by molar-refractivity contribution is 1.20. The molecule has 0 fully saturated rings. The van der Waals surface area contributed by atoms with Crippen molar-refractivity contribution in [3.63, 3.8) is 0 Å². The van der Waals surface area contributed by atoms with Crippen molar-refractivity contribution in [3.8, 4) is 0 Å². The summed E-state index contributed by atoms with van der Waals surface area (Å²) < 4.78 is 0. The maximum atomic E-state index is 6.99. The van der Waals surface area contributed by atoms with E-state index in [1.54, 1.807) is 0 Å². The molecule has 0 amide bonds. The second-order valence-corrected chi connectivity index (χ2v) is 10.2. The van der Waals surface area contributed by atoms with Gasteiger partial charge in [0.05, 0.1) is 22.7 Å². The molecule has 0 unspecified atom stereocenters. The molecule has 4 nitrogen and oxygen atoms in total. The molecule has 4 aromatic rings. The average molecular weight is 503 g/mol. The van der Waals surface area contributed by atoms with Crippen LogP contribution in [0.4, 0.5) is 22.7 Å². The Hall–Kier alpha value is -4.18. The predicted octanol–water partition coefficient (Wildman–Crippen LogP) is 8.71. The first-order valence-corrected chi connectivity index (χ1v) is 13.1. The summed E-state index contributed by atoms with van der Waals surface area (Å²) in [5.74, 6) is 0.982. The topological polar surface area (TPSA) is 54.0 Å². The maximum Gasteiger partial charge on any atom is 0.181 e. The molecule has 0 aliphatic heterocycles. The van der Waals surface area contributed by atoms with E-state index in [4.69, 9.17) is 15.7 Å². The van der Waals surface area contributed by atoms with Crippen LogP contribution < -0.4 is 10.6 Å². The van der Waals surface area contributed by atoms with Crippen LogP contribution in [0.1, 0.15) is 44.5 Å². The minimum Gasteiger partial charge on any atom is -0.381 e. The van der Waals surface area contributed by atoms with Gasteiger partial charge in [0.2, 0.25) is 0 Å². The average Bonchev–Trinajstić information content (AvgIpc) is 2.85. The molecule has 0 aromatic heterocycles. The molecule has 4 aromatic carbocycles. The minimum atomic E-state index is 0.371. The smallest absolute Gasteiger partial charge is 0.181 e. The molecule has 4 heteroatoms. The van der Waals surface area contributed by atoms with Gasteiger partial charge < -0.3 is 5.73 Å². The summed E-state index contributed by atoms with van der Waals surface area (Å²) in [6.07, 6.45) is 0. The summed E-state index contributed by atoms with van der Waals surface area (Å²) >= 11 is 0. The summed E-state index contributed by atoms with van der Waals surface area (Å²) in [7, 11) is 0. The molecular formula is C34H38N4. The highest BCUT2D eigenvalue weighted by atomic mass is 15.2. The van der Waals surface area contributed by atoms with E-state index in [1.807, 2.05) is 6.07 Å². The van der Waals surface area contributed by atoms with E-state index in [9.17, 15) is 0 Å². The van der Waals surface area contributed by atoms with Crippen molar-refractivity contribution in [1.29, 1.82) is 0 Å². The van der Waals surface area contributed by atoms with Gasteiger partial charge in [-0.2, -0.15) is 0 Å². The summed E-state index contributed by atoms with van der Waals surface area (Å²) in [5, 5.41) is 0. The first kappa shape index (κ1) is 26.9. The SMILES string of the molecule is Cc1cccc(C)c1N=C(N)C(=Nc1c(C)cccc1C)N(c1c(C)cccc1C)c1c(C)cccc1C. The molecule has 194 valence electrons. The summed E-state index contributed by atoms with van der Waals surface area (Å²) in [4.78, 5) is 12.6. The van der Waals surface area contributed by atoms with Gasteiger partial charge in [0.15, 0.2) is 11.7 Å². The third kappa shape index (κ3) is 5.26. The highest BCUT2D eigenvalue weighted by Gasteiger charge is 2.26. The zero-order valence-corrected chi connectivity index (χ0v) is 23.8. The lowest BCUT2D eigenvalue weighted by atomic mass is 10.0. The van der Waals surface area contributed by atoms with Gasteiger partial charge in [-0.25, -0.2) is 9.98 Å². The molecular weight excluding hydrogens is 464 g/mol. The number of hydrogen-bond donors (Lipinski definition) is 1. The molecule has 38 heavy (non-hydrogen) atoms. The Bertz CT molecular complexity index is 1430. The highest BCUT2D eigenvalue weighted by Crippen LogP contribution is 2.38. The third-order valence-corrected chi connectivity index (χ3v) is 7.10. The fourth-order valence-electron chi connectivity index (χ4n) is 5.10. The van der Waals surface area contributed by atoms with Gasteiger partial charge in [-0.05, 0) is 99.9 Å². The van der Waals surface area contributed by atoms with E-state index >= 15 is 0 Å². The van der Waals surface area contributed by atoms with E-state index in [0.717, 1.165) is 67.3 Å². The second-order valence-electron chi connectivity index (χ2n) is 10.2. The lowest BCUT2D eigenvalue weighted by Crippen LogP contribution is -2.39. The normalized spacial score (nSPS) is 12.1. The van der Waals surface area contributed by atoms with Crippen molar-refractivity contribution < 1.29 is 0 Å². The molecule has 0 aliphatic carbocycles. The fraction of sp³-hybridized carbons (Fsp3) is 0.235. The van der Waals surface area contributed by atoms with Crippen LogP contribution in [0.15, 0.2) is 82.8 Å². The van der Waals surface area contributed by atoms with Crippen molar-refractivity contribution in [3.05, 3.63) is 117 Å². The molecule has 0 spiro atoms. The van der Waals surface area contributed by atoms with Gasteiger partial charge >= 0.3 is 0 Å². The summed E-state index contributed by atoms with van der Waals surface area (Å²) in [6, 6.07) is 25.1. The largest absolute Gasteiger partial charge is 0.381 e. The zero-order valence-electron chi connectivity index (χ0n) is 23.8. The molecule has 4 rings (SSSR count). The van der Waals surface area contributed by atoms with Crippen LogP contribution in [0.25, 0.3) is 0 Å². The van der Waals surface area contributed by atoms with Gasteiger partial charge in [0, 0.05) is 0 Å². The van der Waals surface area contributed by atoms with E-state index < -0.39 is 0 Å². The van der Waals surface area contributed by atoms with Gasteiger partial charge in [0.25, 0.3) is 0 Å². The number of aliphatic imine (C=N–C) groups is 2. The molecule has 0 radical (unpaired) electrons. The number of nitrogens with two attached hydrogens (primary N) is 1. The van der Waals surface area contributed by atoms with Crippen molar-refractivity contribution >= 4 is 34.4 Å². The Kier molecular flexibility index (Phi) is 7.82.